The maximum atomic E-state index is 10.8. The summed E-state index contributed by atoms with van der Waals surface area (Å²) in [6.07, 6.45) is 4.44. The number of ether oxygens (including phenoxy) is 1. The minimum Gasteiger partial charge on any atom is -0.507 e. The van der Waals surface area contributed by atoms with Crippen LogP contribution in [-0.2, 0) is 11.2 Å². The molecule has 1 heterocycles. The monoisotopic (exact) mass is 391 g/mol. The normalized spacial score (nSPS) is 19.4. The number of guanidine groups is 1. The van der Waals surface area contributed by atoms with E-state index in [1.807, 2.05) is 20.8 Å². The number of nitrogens with zero attached hydrogens (tertiary/aromatic N) is 1. The number of nitrogens with two attached hydrogens (primary N) is 2. The second-order valence-electron chi connectivity index (χ2n) is 8.12. The zero-order valence-corrected chi connectivity index (χ0v) is 17.3. The average molecular weight is 392 g/mol. The lowest BCUT2D eigenvalue weighted by atomic mass is 9.84. The van der Waals surface area contributed by atoms with Gasteiger partial charge in [0.05, 0.1) is 6.04 Å². The van der Waals surface area contributed by atoms with Crippen LogP contribution in [0, 0.1) is 20.8 Å². The molecule has 6 N–H and O–H groups in total. The van der Waals surface area contributed by atoms with E-state index in [1.54, 1.807) is 0 Å². The summed E-state index contributed by atoms with van der Waals surface area (Å²) >= 11 is 0. The summed E-state index contributed by atoms with van der Waals surface area (Å²) in [4.78, 5) is 15.0. The third-order valence-corrected chi connectivity index (χ3v) is 5.86. The number of fused-ring (bicyclic) bond motifs is 1. The van der Waals surface area contributed by atoms with Crippen molar-refractivity contribution in [2.45, 2.75) is 84.3 Å². The van der Waals surface area contributed by atoms with E-state index in [4.69, 9.17) is 21.3 Å². The molecular formula is C21H33N3O4. The first-order valence-corrected chi connectivity index (χ1v) is 9.85. The molecule has 0 saturated heterocycles. The van der Waals surface area contributed by atoms with Crippen LogP contribution < -0.4 is 16.2 Å². The van der Waals surface area contributed by atoms with Crippen molar-refractivity contribution in [1.29, 1.82) is 0 Å². The first-order chi connectivity index (χ1) is 13.0. The fraction of sp³-hybridized carbons (Fsp3) is 0.619. The van der Waals surface area contributed by atoms with Crippen LogP contribution in [-0.4, -0.2) is 33.8 Å². The van der Waals surface area contributed by atoms with E-state index in [1.165, 1.54) is 0 Å². The summed E-state index contributed by atoms with van der Waals surface area (Å²) in [5, 5.41) is 19.2. The minimum absolute atomic E-state index is 0.0259. The number of hydrogen-bond acceptors (Lipinski definition) is 4. The number of aromatic hydroxyl groups is 1. The molecule has 0 bridgehead atoms. The van der Waals surface area contributed by atoms with Gasteiger partial charge in [0.25, 0.3) is 0 Å². The van der Waals surface area contributed by atoms with Crippen molar-refractivity contribution in [2.75, 3.05) is 0 Å². The highest BCUT2D eigenvalue weighted by Gasteiger charge is 2.34. The summed E-state index contributed by atoms with van der Waals surface area (Å²) in [5.74, 6) is 0.450. The van der Waals surface area contributed by atoms with Crippen LogP contribution in [0.3, 0.4) is 0 Å². The van der Waals surface area contributed by atoms with Gasteiger partial charge in [-0.05, 0) is 82.9 Å². The van der Waals surface area contributed by atoms with Gasteiger partial charge in [0.15, 0.2) is 5.96 Å². The Hall–Kier alpha value is -2.44. The number of hydrogen-bond donors (Lipinski definition) is 4. The summed E-state index contributed by atoms with van der Waals surface area (Å²) in [7, 11) is 0. The second kappa shape index (κ2) is 8.71. The Morgan fingerprint density at radius 3 is 2.50 bits per heavy atom. The molecule has 0 amide bonds. The molecular weight excluding hydrogens is 358 g/mol. The topological polar surface area (TPSA) is 131 Å². The molecule has 0 saturated carbocycles. The molecule has 0 aliphatic carbocycles. The molecule has 2 rings (SSSR count). The first kappa shape index (κ1) is 21.9. The molecule has 1 aliphatic heterocycles. The van der Waals surface area contributed by atoms with Gasteiger partial charge in [0, 0.05) is 12.0 Å². The Morgan fingerprint density at radius 1 is 1.21 bits per heavy atom. The predicted molar refractivity (Wildman–Crippen MR) is 110 cm³/mol. The molecule has 0 fully saturated rings. The summed E-state index contributed by atoms with van der Waals surface area (Å²) < 4.78 is 6.45. The predicted octanol–water partition coefficient (Wildman–Crippen LogP) is 3.08. The van der Waals surface area contributed by atoms with E-state index in [0.29, 0.717) is 18.6 Å². The third kappa shape index (κ3) is 5.09. The van der Waals surface area contributed by atoms with E-state index < -0.39 is 5.97 Å². The highest BCUT2D eigenvalue weighted by molar-refractivity contribution is 5.75. The van der Waals surface area contributed by atoms with E-state index in [2.05, 4.69) is 11.9 Å². The standard InChI is InChI=1S/C21H33N3O4/c1-12-13(2)19-16(14(3)18(12)27)9-11-21(4,28-19)10-8-15(24-20(22)23)6-5-7-17(25)26/h15,27H,5-11H2,1-4H3,(H,25,26)(H4,22,23,24). The van der Waals surface area contributed by atoms with Crippen molar-refractivity contribution in [3.63, 3.8) is 0 Å². The molecule has 0 radical (unpaired) electrons. The SMILES string of the molecule is Cc1c(C)c2c(c(C)c1O)CCC(C)(CCC(CCCC(=O)O)N=C(N)N)O2. The minimum atomic E-state index is -0.813. The molecule has 1 aromatic carbocycles. The Morgan fingerprint density at radius 2 is 1.89 bits per heavy atom. The van der Waals surface area contributed by atoms with Crippen LogP contribution >= 0.6 is 0 Å². The van der Waals surface area contributed by atoms with E-state index in [-0.39, 0.29) is 24.0 Å². The van der Waals surface area contributed by atoms with Crippen molar-refractivity contribution in [3.8, 4) is 11.5 Å². The molecule has 2 unspecified atom stereocenters. The summed E-state index contributed by atoms with van der Waals surface area (Å²) in [6.45, 7) is 7.91. The third-order valence-electron chi connectivity index (χ3n) is 5.86. The van der Waals surface area contributed by atoms with Gasteiger partial charge in [0.2, 0.25) is 0 Å². The largest absolute Gasteiger partial charge is 0.507 e. The average Bonchev–Trinajstić information content (AvgIpc) is 2.62. The number of aliphatic imine (C=N–C) groups is 1. The van der Waals surface area contributed by atoms with Gasteiger partial charge in [-0.25, -0.2) is 0 Å². The quantitative estimate of drug-likeness (QED) is 0.398. The van der Waals surface area contributed by atoms with Gasteiger partial charge in [-0.3, -0.25) is 9.79 Å². The van der Waals surface area contributed by atoms with Crippen molar-refractivity contribution < 1.29 is 19.7 Å². The van der Waals surface area contributed by atoms with Gasteiger partial charge in [-0.1, -0.05) is 0 Å². The van der Waals surface area contributed by atoms with Crippen LogP contribution in [0.25, 0.3) is 0 Å². The number of phenolic OH excluding ortho intramolecular Hbond substituents is 1. The molecule has 2 atom stereocenters. The molecule has 1 aromatic rings. The molecule has 156 valence electrons. The highest BCUT2D eigenvalue weighted by Crippen LogP contribution is 2.44. The van der Waals surface area contributed by atoms with Crippen LogP contribution in [0.1, 0.15) is 67.7 Å². The molecule has 28 heavy (non-hydrogen) atoms. The number of carboxylic acids is 1. The highest BCUT2D eigenvalue weighted by atomic mass is 16.5. The van der Waals surface area contributed by atoms with Crippen molar-refractivity contribution in [2.24, 2.45) is 16.5 Å². The van der Waals surface area contributed by atoms with E-state index in [9.17, 15) is 9.90 Å². The van der Waals surface area contributed by atoms with Crippen LogP contribution in [0.15, 0.2) is 4.99 Å². The number of aliphatic carboxylic acids is 1. The summed E-state index contributed by atoms with van der Waals surface area (Å²) in [6, 6.07) is -0.115. The van der Waals surface area contributed by atoms with Gasteiger partial charge in [-0.15, -0.1) is 0 Å². The molecule has 0 spiro atoms. The van der Waals surface area contributed by atoms with Crippen LogP contribution in [0.2, 0.25) is 0 Å². The fourth-order valence-corrected chi connectivity index (χ4v) is 3.92. The van der Waals surface area contributed by atoms with Crippen molar-refractivity contribution >= 4 is 11.9 Å². The van der Waals surface area contributed by atoms with Gasteiger partial charge in [0.1, 0.15) is 17.1 Å². The zero-order chi connectivity index (χ0) is 21.1. The van der Waals surface area contributed by atoms with Crippen molar-refractivity contribution in [3.05, 3.63) is 22.3 Å². The maximum absolute atomic E-state index is 10.8. The Balaban J connectivity index is 2.11. The lowest BCUT2D eigenvalue weighted by Gasteiger charge is -2.38. The zero-order valence-electron chi connectivity index (χ0n) is 17.3. The van der Waals surface area contributed by atoms with E-state index >= 15 is 0 Å². The Labute approximate surface area is 166 Å². The first-order valence-electron chi connectivity index (χ1n) is 9.85. The maximum Gasteiger partial charge on any atom is 0.303 e. The Kier molecular flexibility index (Phi) is 6.80. The van der Waals surface area contributed by atoms with Crippen molar-refractivity contribution in [1.82, 2.24) is 0 Å². The van der Waals surface area contributed by atoms with Crippen LogP contribution in [0.4, 0.5) is 0 Å². The molecule has 1 aliphatic rings. The lowest BCUT2D eigenvalue weighted by Crippen LogP contribution is -2.38. The number of rotatable bonds is 8. The number of phenols is 1. The number of carboxylic acid groups (broad SMARTS) is 1. The Bertz CT molecular complexity index is 772. The molecule has 7 nitrogen and oxygen atoms in total. The summed E-state index contributed by atoms with van der Waals surface area (Å²) in [5.41, 5.74) is 14.6. The second-order valence-corrected chi connectivity index (χ2v) is 8.12. The number of carbonyl (C=O) groups is 1. The van der Waals surface area contributed by atoms with Gasteiger partial charge in [-0.2, -0.15) is 0 Å². The fourth-order valence-electron chi connectivity index (χ4n) is 3.92. The molecule has 0 aromatic heterocycles. The lowest BCUT2D eigenvalue weighted by molar-refractivity contribution is -0.137. The van der Waals surface area contributed by atoms with Gasteiger partial charge >= 0.3 is 5.97 Å². The number of benzene rings is 1. The van der Waals surface area contributed by atoms with E-state index in [0.717, 1.165) is 53.7 Å². The van der Waals surface area contributed by atoms with Crippen LogP contribution in [0.5, 0.6) is 11.5 Å². The van der Waals surface area contributed by atoms with Gasteiger partial charge < -0.3 is 26.4 Å². The smallest absolute Gasteiger partial charge is 0.303 e. The molecule has 7 heteroatoms.